The van der Waals surface area contributed by atoms with Crippen molar-refractivity contribution in [2.24, 2.45) is 0 Å². The number of carbonyl (C=O) groups excluding carboxylic acids is 3. The van der Waals surface area contributed by atoms with Crippen LogP contribution in [0.3, 0.4) is 0 Å². The molecule has 1 heterocycles. The predicted molar refractivity (Wildman–Crippen MR) is 99.7 cm³/mol. The van der Waals surface area contributed by atoms with Gasteiger partial charge in [0.15, 0.2) is 0 Å². The number of amides is 4. The summed E-state index contributed by atoms with van der Waals surface area (Å²) in [5.74, 6) is -1.32. The number of anilines is 2. The number of para-hydroxylation sites is 1. The van der Waals surface area contributed by atoms with E-state index in [0.717, 1.165) is 4.90 Å². The lowest BCUT2D eigenvalue weighted by Gasteiger charge is -2.25. The third-order valence-corrected chi connectivity index (χ3v) is 4.33. The molecule has 0 unspecified atom stereocenters. The van der Waals surface area contributed by atoms with Crippen LogP contribution in [0.15, 0.2) is 54.6 Å². The average molecular weight is 369 g/mol. The second-order valence-corrected chi connectivity index (χ2v) is 6.57. The molecule has 2 aromatic carbocycles. The fourth-order valence-electron chi connectivity index (χ4n) is 3.11. The summed E-state index contributed by atoms with van der Waals surface area (Å²) >= 11 is 0. The Morgan fingerprint density at radius 1 is 1.07 bits per heavy atom. The summed E-state index contributed by atoms with van der Waals surface area (Å²) in [6.07, 6.45) is -0.157. The maximum Gasteiger partial charge on any atom is 0.332 e. The zero-order valence-electron chi connectivity index (χ0n) is 15.1. The minimum absolute atomic E-state index is 0.157. The van der Waals surface area contributed by atoms with Crippen LogP contribution in [0.2, 0.25) is 0 Å². The van der Waals surface area contributed by atoms with Gasteiger partial charge in [0.2, 0.25) is 5.91 Å². The fourth-order valence-corrected chi connectivity index (χ4v) is 3.11. The third-order valence-electron chi connectivity index (χ3n) is 4.33. The largest absolute Gasteiger partial charge is 0.332 e. The molecule has 0 aromatic heterocycles. The Morgan fingerprint density at radius 2 is 1.70 bits per heavy atom. The van der Waals surface area contributed by atoms with Crippen molar-refractivity contribution in [3.05, 3.63) is 60.4 Å². The van der Waals surface area contributed by atoms with Crippen molar-refractivity contribution in [3.63, 3.8) is 0 Å². The Bertz CT molecular complexity index is 853. The zero-order chi connectivity index (χ0) is 19.6. The second-order valence-electron chi connectivity index (χ2n) is 6.57. The molecule has 4 amide bonds. The number of hydrogen-bond acceptors (Lipinski definition) is 3. The van der Waals surface area contributed by atoms with Gasteiger partial charge in [0.1, 0.15) is 11.9 Å². The first-order valence-electron chi connectivity index (χ1n) is 8.65. The van der Waals surface area contributed by atoms with Crippen molar-refractivity contribution in [1.29, 1.82) is 0 Å². The van der Waals surface area contributed by atoms with E-state index in [1.807, 2.05) is 6.07 Å². The van der Waals surface area contributed by atoms with E-state index >= 15 is 0 Å². The molecule has 6 nitrogen and oxygen atoms in total. The third kappa shape index (κ3) is 3.81. The Balaban J connectivity index is 1.82. The minimum Gasteiger partial charge on any atom is -0.326 e. The Hall–Kier alpha value is -3.22. The highest BCUT2D eigenvalue weighted by Gasteiger charge is 2.47. The van der Waals surface area contributed by atoms with Crippen molar-refractivity contribution in [3.8, 4) is 0 Å². The molecule has 0 bridgehead atoms. The van der Waals surface area contributed by atoms with Gasteiger partial charge in [0, 0.05) is 11.7 Å². The summed E-state index contributed by atoms with van der Waals surface area (Å²) in [7, 11) is 0. The molecule has 140 valence electrons. The van der Waals surface area contributed by atoms with Gasteiger partial charge in [-0.25, -0.2) is 14.1 Å². The van der Waals surface area contributed by atoms with E-state index in [1.54, 1.807) is 38.1 Å². The molecule has 1 N–H and O–H groups in total. The molecule has 0 spiro atoms. The average Bonchev–Trinajstić information content (AvgIpc) is 2.87. The summed E-state index contributed by atoms with van der Waals surface area (Å²) in [5, 5.41) is 2.73. The van der Waals surface area contributed by atoms with Crippen LogP contribution in [0.5, 0.6) is 0 Å². The standard InChI is InChI=1S/C20H20FN3O3/c1-13(2)23-17(12-18(25)22-15-6-4-3-5-7-15)19(26)24(20(23)27)16-10-8-14(21)9-11-16/h3-11,13,17H,12H2,1-2H3,(H,22,25)/t17-/m1/s1. The Kier molecular flexibility index (Phi) is 5.21. The van der Waals surface area contributed by atoms with E-state index in [4.69, 9.17) is 0 Å². The molecule has 0 radical (unpaired) electrons. The number of nitrogens with zero attached hydrogens (tertiary/aromatic N) is 2. The molecule has 7 heteroatoms. The molecule has 2 aromatic rings. The summed E-state index contributed by atoms with van der Waals surface area (Å²) in [4.78, 5) is 40.5. The minimum atomic E-state index is -0.911. The summed E-state index contributed by atoms with van der Waals surface area (Å²) in [6.45, 7) is 3.56. The molecule has 3 rings (SSSR count). The van der Waals surface area contributed by atoms with Gasteiger partial charge in [-0.15, -0.1) is 0 Å². The quantitative estimate of drug-likeness (QED) is 0.821. The highest BCUT2D eigenvalue weighted by atomic mass is 19.1. The lowest BCUT2D eigenvalue weighted by Crippen LogP contribution is -2.42. The van der Waals surface area contributed by atoms with Crippen molar-refractivity contribution in [2.75, 3.05) is 10.2 Å². The molecular weight excluding hydrogens is 349 g/mol. The first-order chi connectivity index (χ1) is 12.9. The molecule has 1 atom stereocenters. The number of halogens is 1. The van der Waals surface area contributed by atoms with Crippen molar-refractivity contribution >= 4 is 29.2 Å². The number of hydrogen-bond donors (Lipinski definition) is 1. The Labute approximate surface area is 156 Å². The van der Waals surface area contributed by atoms with Crippen LogP contribution < -0.4 is 10.2 Å². The van der Waals surface area contributed by atoms with Crippen molar-refractivity contribution in [2.45, 2.75) is 32.4 Å². The van der Waals surface area contributed by atoms with E-state index < -0.39 is 23.8 Å². The van der Waals surface area contributed by atoms with Gasteiger partial charge < -0.3 is 10.2 Å². The number of benzene rings is 2. The van der Waals surface area contributed by atoms with Gasteiger partial charge >= 0.3 is 6.03 Å². The van der Waals surface area contributed by atoms with Gasteiger partial charge in [-0.3, -0.25) is 9.59 Å². The van der Waals surface area contributed by atoms with Crippen molar-refractivity contribution in [1.82, 2.24) is 4.90 Å². The van der Waals surface area contributed by atoms with Crippen LogP contribution in [0.1, 0.15) is 20.3 Å². The SMILES string of the molecule is CC(C)N1C(=O)N(c2ccc(F)cc2)C(=O)[C@H]1CC(=O)Nc1ccccc1. The molecule has 0 saturated carbocycles. The Morgan fingerprint density at radius 3 is 2.30 bits per heavy atom. The predicted octanol–water partition coefficient (Wildman–Crippen LogP) is 3.40. The van der Waals surface area contributed by atoms with Crippen LogP contribution >= 0.6 is 0 Å². The van der Waals surface area contributed by atoms with Gasteiger partial charge in [-0.2, -0.15) is 0 Å². The lowest BCUT2D eigenvalue weighted by molar-refractivity contribution is -0.124. The highest BCUT2D eigenvalue weighted by molar-refractivity contribution is 6.22. The normalized spacial score (nSPS) is 17.0. The first-order valence-corrected chi connectivity index (χ1v) is 8.65. The van der Waals surface area contributed by atoms with Crippen molar-refractivity contribution < 1.29 is 18.8 Å². The van der Waals surface area contributed by atoms with Crippen LogP contribution in [0.25, 0.3) is 0 Å². The monoisotopic (exact) mass is 369 g/mol. The number of urea groups is 1. The van der Waals surface area contributed by atoms with E-state index in [0.29, 0.717) is 5.69 Å². The van der Waals surface area contributed by atoms with Gasteiger partial charge in [0.25, 0.3) is 5.91 Å². The van der Waals surface area contributed by atoms with Gasteiger partial charge in [-0.05, 0) is 50.2 Å². The summed E-state index contributed by atoms with van der Waals surface area (Å²) in [6, 6.07) is 12.3. The maximum absolute atomic E-state index is 13.2. The summed E-state index contributed by atoms with van der Waals surface area (Å²) in [5.41, 5.74) is 0.897. The number of carbonyl (C=O) groups is 3. The molecule has 27 heavy (non-hydrogen) atoms. The van der Waals surface area contributed by atoms with Crippen LogP contribution in [0.4, 0.5) is 20.6 Å². The maximum atomic E-state index is 13.2. The lowest BCUT2D eigenvalue weighted by atomic mass is 10.1. The smallest absolute Gasteiger partial charge is 0.326 e. The number of nitrogens with one attached hydrogen (secondary N) is 1. The fraction of sp³-hybridized carbons (Fsp3) is 0.250. The number of imide groups is 1. The molecule has 1 aliphatic rings. The first kappa shape index (κ1) is 18.6. The zero-order valence-corrected chi connectivity index (χ0v) is 15.1. The molecule has 1 saturated heterocycles. The van der Waals surface area contributed by atoms with Gasteiger partial charge in [-0.1, -0.05) is 18.2 Å². The highest BCUT2D eigenvalue weighted by Crippen LogP contribution is 2.28. The van der Waals surface area contributed by atoms with E-state index in [1.165, 1.54) is 29.2 Å². The van der Waals surface area contributed by atoms with Crippen LogP contribution in [-0.2, 0) is 9.59 Å². The second kappa shape index (κ2) is 7.57. The topological polar surface area (TPSA) is 69.7 Å². The van der Waals surface area contributed by atoms with E-state index in [-0.39, 0.29) is 24.1 Å². The van der Waals surface area contributed by atoms with Gasteiger partial charge in [0.05, 0.1) is 12.1 Å². The van der Waals surface area contributed by atoms with Crippen LogP contribution in [-0.4, -0.2) is 34.8 Å². The summed E-state index contributed by atoms with van der Waals surface area (Å²) < 4.78 is 13.2. The molecule has 1 fully saturated rings. The molecule has 0 aliphatic carbocycles. The molecular formula is C20H20FN3O3. The van der Waals surface area contributed by atoms with E-state index in [2.05, 4.69) is 5.32 Å². The van der Waals surface area contributed by atoms with E-state index in [9.17, 15) is 18.8 Å². The molecule has 1 aliphatic heterocycles. The number of rotatable bonds is 5. The van der Waals surface area contributed by atoms with Crippen LogP contribution in [0, 0.1) is 5.82 Å².